The molecule has 12 aromatic rings. The van der Waals surface area contributed by atoms with Gasteiger partial charge in [0, 0.05) is 177 Å². The molecule has 5 atom stereocenters. The second-order valence-electron chi connectivity index (χ2n) is 33.0. The summed E-state index contributed by atoms with van der Waals surface area (Å²) >= 11 is 49.2. The summed E-state index contributed by atoms with van der Waals surface area (Å²) in [6.07, 6.45) is 18.7. The molecule has 4 unspecified atom stereocenters. The van der Waals surface area contributed by atoms with Crippen LogP contribution >= 0.6 is 92.8 Å². The van der Waals surface area contributed by atoms with Crippen LogP contribution in [0.3, 0.4) is 0 Å². The molecule has 0 saturated carbocycles. The van der Waals surface area contributed by atoms with E-state index >= 15 is 0 Å². The van der Waals surface area contributed by atoms with Gasteiger partial charge in [-0.2, -0.15) is 20.4 Å². The Bertz CT molecular complexity index is 5870. The lowest BCUT2D eigenvalue weighted by molar-refractivity contribution is -0.137. The number of ether oxygens (including phenoxy) is 4. The first-order valence-electron chi connectivity index (χ1n) is 39.4. The van der Waals surface area contributed by atoms with Crippen LogP contribution in [0.2, 0.25) is 40.2 Å². The zero-order valence-electron chi connectivity index (χ0n) is 72.0. The third-order valence-corrected chi connectivity index (χ3v) is 23.5. The summed E-state index contributed by atoms with van der Waals surface area (Å²) < 4.78 is 86.6. The van der Waals surface area contributed by atoms with E-state index in [-0.39, 0.29) is 83.8 Å². The van der Waals surface area contributed by atoms with Crippen molar-refractivity contribution in [3.8, 4) is 67.5 Å². The maximum atomic E-state index is 14.0. The van der Waals surface area contributed by atoms with Gasteiger partial charge in [-0.05, 0) is 176 Å². The molecule has 10 N–H and O–H groups in total. The van der Waals surface area contributed by atoms with Crippen molar-refractivity contribution in [1.29, 1.82) is 0 Å². The molecule has 0 aliphatic carbocycles. The summed E-state index contributed by atoms with van der Waals surface area (Å²) in [4.78, 5) is 35.3. The van der Waals surface area contributed by atoms with Crippen molar-refractivity contribution in [2.75, 3.05) is 83.9 Å². The molecule has 1 saturated heterocycles. The second-order valence-corrected chi connectivity index (χ2v) is 36.1. The Balaban J connectivity index is 0.000000176. The van der Waals surface area contributed by atoms with Gasteiger partial charge in [0.1, 0.15) is 53.2 Å². The normalized spacial score (nSPS) is 14.1. The van der Waals surface area contributed by atoms with Crippen LogP contribution in [-0.4, -0.2) is 157 Å². The van der Waals surface area contributed by atoms with Crippen molar-refractivity contribution in [3.63, 3.8) is 0 Å². The molecule has 0 spiro atoms. The zero-order chi connectivity index (χ0) is 92.7. The van der Waals surface area contributed by atoms with Gasteiger partial charge in [-0.3, -0.25) is 28.4 Å². The SMILES string of the molecule is CC(Oc1cc(-c2cnn(C(C)(C)C(=O)N(C)C)c2)cnc1N)c1c(Cl)ccc(F)c1Cl.CC(Oc1cc(-c2cnn(C(C)(C)CN(C)C)c2)cnc1N)c1c(Cl)ccc(F)c1Cl.CC(Oc1cc(-c2cnn(C(C)(C)CN3CC[C@H](O)C3)c2)cnc1N)c1c(Cl)ccc(F)c1Cl.CC(Oc1cc(-c2cnn(C(C)(C)CO)c2)cnc1N)c1c(Cl)ccc(F)c1Cl. The van der Waals surface area contributed by atoms with Crippen molar-refractivity contribution in [1.82, 2.24) is 73.8 Å². The number of hydrogen-bond donors (Lipinski definition) is 6. The lowest BCUT2D eigenvalue weighted by Gasteiger charge is -2.30. The molecule has 1 amide bonds. The number of hydrogen-bond acceptors (Lipinski definition) is 21. The van der Waals surface area contributed by atoms with E-state index in [2.05, 4.69) is 77.8 Å². The molecule has 0 radical (unpaired) electrons. The second kappa shape index (κ2) is 41.0. The molecule has 9 heterocycles. The average molecular weight is 1890 g/mol. The number of carbonyl (C=O) groups is 1. The molecule has 38 heteroatoms. The third kappa shape index (κ3) is 23.3. The van der Waals surface area contributed by atoms with E-state index in [0.717, 1.165) is 65.0 Å². The van der Waals surface area contributed by atoms with Crippen LogP contribution < -0.4 is 41.9 Å². The van der Waals surface area contributed by atoms with Crippen LogP contribution in [0, 0.1) is 23.3 Å². The molecule has 0 bridgehead atoms. The number of aromatic nitrogens is 12. The highest BCUT2D eigenvalue weighted by atomic mass is 35.5. The number of nitrogens with zero attached hydrogens (tertiary/aromatic N) is 15. The summed E-state index contributed by atoms with van der Waals surface area (Å²) in [6.45, 7) is 25.7. The number of amides is 1. The Kier molecular flexibility index (Phi) is 32.0. The highest BCUT2D eigenvalue weighted by molar-refractivity contribution is 6.38. The maximum absolute atomic E-state index is 14.0. The van der Waals surface area contributed by atoms with Crippen LogP contribution in [-0.2, 0) is 27.0 Å². The van der Waals surface area contributed by atoms with Crippen molar-refractivity contribution in [2.24, 2.45) is 0 Å². The first-order chi connectivity index (χ1) is 59.1. The van der Waals surface area contributed by atoms with Crippen LogP contribution in [0.15, 0.2) is 147 Å². The monoisotopic (exact) mass is 1890 g/mol. The number of rotatable bonds is 26. The fourth-order valence-electron chi connectivity index (χ4n) is 13.8. The van der Waals surface area contributed by atoms with Gasteiger partial charge in [0.05, 0.1) is 74.2 Å². The molecular weight excluding hydrogens is 1790 g/mol. The van der Waals surface area contributed by atoms with Gasteiger partial charge >= 0.3 is 0 Å². The van der Waals surface area contributed by atoms with Gasteiger partial charge in [-0.1, -0.05) is 92.8 Å². The van der Waals surface area contributed by atoms with Crippen molar-refractivity contribution in [3.05, 3.63) is 233 Å². The summed E-state index contributed by atoms with van der Waals surface area (Å²) in [7, 11) is 7.44. The summed E-state index contributed by atoms with van der Waals surface area (Å²) in [5, 5.41) is 37.9. The number of aliphatic hydroxyl groups excluding tert-OH is 2. The Morgan fingerprint density at radius 3 is 0.992 bits per heavy atom. The Hall–Kier alpha value is -9.93. The van der Waals surface area contributed by atoms with E-state index in [9.17, 15) is 32.6 Å². The summed E-state index contributed by atoms with van der Waals surface area (Å²) in [6, 6.07) is 17.5. The first kappa shape index (κ1) is 98.3. The standard InChI is InChI=1S/C24H28Cl2FN5O2.C22H24Cl2FN5O2.C22H26Cl2FN5O.C20H21Cl2FN4O2/c1-14(21-18(25)4-5-19(27)22(21)26)34-20-8-15(9-29-23(20)28)16-10-30-32(11-16)24(2,3)13-31-7-6-17(33)12-31;1-12(18-15(23)6-7-16(25)19(18)24)32-17-8-13(9-27-20(17)26)14-10-28-30(11-14)22(2,3)21(31)29(4)5;1-13(19-16(23)6-7-17(25)20(19)24)31-18-8-14(9-27-21(18)26)15-10-28-30(11-15)22(2,3)12-29(4)5;1-11(17-14(21)4-5-15(23)18(17)22)29-16-6-12(7-25-19(16)24)13-8-26-27(9-13)20(2,3)10-28/h4-5,8-11,14,17,33H,6-7,12-13H2,1-3H3,(H2,28,29);6-12H,1-5H3,(H2,26,27);6-11,13H,12H2,1-5H3,(H2,26,27);4-9,11,28H,10H2,1-3H3,(H2,24,25)/t14?,17-;;;/m0.../s1. The van der Waals surface area contributed by atoms with E-state index in [0.29, 0.717) is 66.7 Å². The quantitative estimate of drug-likeness (QED) is 0.0217. The largest absolute Gasteiger partial charge is 0.482 e. The minimum Gasteiger partial charge on any atom is -0.482 e. The molecule has 26 nitrogen and oxygen atoms in total. The van der Waals surface area contributed by atoms with Gasteiger partial charge in [0.25, 0.3) is 0 Å². The molecule has 1 aliphatic heterocycles. The van der Waals surface area contributed by atoms with Crippen molar-refractivity contribution in [2.45, 2.75) is 142 Å². The van der Waals surface area contributed by atoms with E-state index in [1.165, 1.54) is 53.4 Å². The summed E-state index contributed by atoms with van der Waals surface area (Å²) in [5.74, 6) is -0.414. The van der Waals surface area contributed by atoms with Gasteiger partial charge < -0.3 is 61.9 Å². The lowest BCUT2D eigenvalue weighted by Crippen LogP contribution is -2.44. The molecule has 4 aromatic carbocycles. The number of β-amino-alcohol motifs (C(OH)–C–C–N with tert-alkyl or cyclic N) is 1. The minimum absolute atomic E-state index is 0.0604. The highest BCUT2D eigenvalue weighted by Gasteiger charge is 2.35. The van der Waals surface area contributed by atoms with E-state index in [1.54, 1.807) is 151 Å². The molecule has 13 rings (SSSR count). The predicted molar refractivity (Wildman–Crippen MR) is 490 cm³/mol. The Morgan fingerprint density at radius 1 is 0.444 bits per heavy atom. The number of likely N-dealkylation sites (tertiary alicyclic amines) is 1. The fourth-order valence-corrected chi connectivity index (χ4v) is 16.5. The van der Waals surface area contributed by atoms with Gasteiger partial charge in [-0.25, -0.2) is 37.5 Å². The number of anilines is 4. The molecule has 672 valence electrons. The number of nitrogens with two attached hydrogens (primary N) is 4. The van der Waals surface area contributed by atoms with Gasteiger partial charge in [0.15, 0.2) is 46.3 Å². The zero-order valence-corrected chi connectivity index (χ0v) is 78.0. The van der Waals surface area contributed by atoms with Gasteiger partial charge in [-0.15, -0.1) is 0 Å². The van der Waals surface area contributed by atoms with Crippen LogP contribution in [0.5, 0.6) is 23.0 Å². The number of carbonyl (C=O) groups excluding carboxylic acids is 1. The number of halogens is 12. The topological polar surface area (TPSA) is 331 Å². The van der Waals surface area contributed by atoms with Crippen molar-refractivity contribution >= 4 is 122 Å². The molecule has 126 heavy (non-hydrogen) atoms. The third-order valence-electron chi connectivity index (χ3n) is 20.7. The average Bonchev–Trinajstić information content (AvgIpc) is 1.54. The number of pyridine rings is 4. The minimum atomic E-state index is -0.873. The highest BCUT2D eigenvalue weighted by Crippen LogP contribution is 2.44. The van der Waals surface area contributed by atoms with Crippen molar-refractivity contribution < 1.29 is 51.5 Å². The number of benzene rings is 4. The van der Waals surface area contributed by atoms with E-state index < -0.39 is 58.8 Å². The predicted octanol–water partition coefficient (Wildman–Crippen LogP) is 20.1. The fraction of sp³-hybridized carbons (Fsp3) is 0.352. The van der Waals surface area contributed by atoms with Crippen LogP contribution in [0.1, 0.15) is 136 Å². The Labute approximate surface area is 768 Å². The maximum Gasteiger partial charge on any atom is 0.249 e. The van der Waals surface area contributed by atoms with Crippen LogP contribution in [0.4, 0.5) is 40.8 Å². The molecular formula is C88H99Cl8F4N19O7. The van der Waals surface area contributed by atoms with E-state index in [1.807, 2.05) is 49.7 Å². The van der Waals surface area contributed by atoms with E-state index in [4.69, 9.17) is 135 Å². The smallest absolute Gasteiger partial charge is 0.249 e. The molecule has 8 aromatic heterocycles. The molecule has 1 aliphatic rings. The van der Waals surface area contributed by atoms with Crippen LogP contribution in [0.25, 0.3) is 44.5 Å². The van der Waals surface area contributed by atoms with Gasteiger partial charge in [0.2, 0.25) is 5.91 Å². The Morgan fingerprint density at radius 2 is 0.722 bits per heavy atom. The number of nitrogen functional groups attached to an aromatic ring is 4. The lowest BCUT2D eigenvalue weighted by atomic mass is 10.0. The first-order valence-corrected chi connectivity index (χ1v) is 42.5. The number of likely N-dealkylation sites (N-methyl/N-ethyl adjacent to an activating group) is 2. The molecule has 1 fully saturated rings. The summed E-state index contributed by atoms with van der Waals surface area (Å²) in [5.41, 5.74) is 29.7. The number of aliphatic hydroxyl groups is 2.